The number of carboxylic acids is 1. The van der Waals surface area contributed by atoms with Crippen LogP contribution in [0.4, 0.5) is 0 Å². The lowest BCUT2D eigenvalue weighted by atomic mass is 10.1. The number of hydrogen-bond donors (Lipinski definition) is 2. The van der Waals surface area contributed by atoms with E-state index in [1.54, 1.807) is 29.5 Å². The van der Waals surface area contributed by atoms with Crippen molar-refractivity contribution in [3.05, 3.63) is 74.5 Å². The van der Waals surface area contributed by atoms with Gasteiger partial charge in [-0.1, -0.05) is 29.8 Å². The molecule has 1 aromatic carbocycles. The molecule has 4 aromatic rings. The Bertz CT molecular complexity index is 1220. The SMILES string of the molecule is O=C(O)c1ccc(/C=C(\Cl)c2nc3scc(-c4cccs4)c3c(=O)[nH]2)cc1. The van der Waals surface area contributed by atoms with Crippen LogP contribution in [0.15, 0.2) is 52.0 Å². The molecule has 0 aliphatic carbocycles. The molecule has 0 saturated heterocycles. The molecule has 0 aliphatic heterocycles. The topological polar surface area (TPSA) is 83.0 Å². The standard InChI is InChI=1S/C19H11ClN2O3S2/c20-13(8-10-3-5-11(6-4-10)19(24)25)16-21-17(23)15-12(9-27-18(15)22-16)14-2-1-7-26-14/h1-9H,(H,24,25)(H,21,22,23)/b13-8-. The molecule has 0 bridgehead atoms. The number of aromatic carboxylic acids is 1. The Hall–Kier alpha value is -2.74. The summed E-state index contributed by atoms with van der Waals surface area (Å²) in [5.74, 6) is -0.719. The van der Waals surface area contributed by atoms with Crippen LogP contribution in [0.3, 0.4) is 0 Å². The highest BCUT2D eigenvalue weighted by Crippen LogP contribution is 2.34. The van der Waals surface area contributed by atoms with Crippen molar-refractivity contribution in [1.29, 1.82) is 0 Å². The van der Waals surface area contributed by atoms with Gasteiger partial charge in [-0.05, 0) is 35.2 Å². The highest BCUT2D eigenvalue weighted by Gasteiger charge is 2.14. The summed E-state index contributed by atoms with van der Waals surface area (Å²) in [4.78, 5) is 32.4. The molecule has 8 heteroatoms. The lowest BCUT2D eigenvalue weighted by Crippen LogP contribution is -2.10. The van der Waals surface area contributed by atoms with E-state index in [2.05, 4.69) is 9.97 Å². The molecular formula is C19H11ClN2O3S2. The van der Waals surface area contributed by atoms with Crippen LogP contribution in [-0.4, -0.2) is 21.0 Å². The van der Waals surface area contributed by atoms with E-state index >= 15 is 0 Å². The van der Waals surface area contributed by atoms with Gasteiger partial charge in [0.15, 0.2) is 5.82 Å². The molecule has 0 atom stereocenters. The number of carboxylic acid groups (broad SMARTS) is 1. The summed E-state index contributed by atoms with van der Waals surface area (Å²) in [6.45, 7) is 0. The Morgan fingerprint density at radius 3 is 2.63 bits per heavy atom. The second-order valence-electron chi connectivity index (χ2n) is 5.64. The Morgan fingerprint density at radius 1 is 1.19 bits per heavy atom. The molecule has 0 aliphatic rings. The van der Waals surface area contributed by atoms with Gasteiger partial charge in [-0.25, -0.2) is 9.78 Å². The minimum atomic E-state index is -0.993. The van der Waals surface area contributed by atoms with Crippen LogP contribution in [0, 0.1) is 0 Å². The zero-order chi connectivity index (χ0) is 19.0. The van der Waals surface area contributed by atoms with Gasteiger partial charge in [0.1, 0.15) is 4.83 Å². The number of nitrogens with one attached hydrogen (secondary N) is 1. The summed E-state index contributed by atoms with van der Waals surface area (Å²) in [5, 5.41) is 13.7. The number of carbonyl (C=O) groups is 1. The molecule has 0 radical (unpaired) electrons. The van der Waals surface area contributed by atoms with Crippen molar-refractivity contribution in [1.82, 2.24) is 9.97 Å². The molecule has 5 nitrogen and oxygen atoms in total. The predicted octanol–water partition coefficient (Wildman–Crippen LogP) is 5.15. The molecule has 0 amide bonds. The Morgan fingerprint density at radius 2 is 1.96 bits per heavy atom. The van der Waals surface area contributed by atoms with Gasteiger partial charge in [-0.2, -0.15) is 0 Å². The number of rotatable bonds is 4. The van der Waals surface area contributed by atoms with Crippen molar-refractivity contribution in [2.45, 2.75) is 0 Å². The van der Waals surface area contributed by atoms with Crippen LogP contribution < -0.4 is 5.56 Å². The maximum atomic E-state index is 12.6. The van der Waals surface area contributed by atoms with Gasteiger partial charge < -0.3 is 10.1 Å². The molecule has 0 saturated carbocycles. The number of aromatic nitrogens is 2. The summed E-state index contributed by atoms with van der Waals surface area (Å²) in [7, 11) is 0. The summed E-state index contributed by atoms with van der Waals surface area (Å²) in [5.41, 5.74) is 1.52. The van der Waals surface area contributed by atoms with Crippen LogP contribution in [0.5, 0.6) is 0 Å². The van der Waals surface area contributed by atoms with Crippen molar-refractivity contribution < 1.29 is 9.90 Å². The van der Waals surface area contributed by atoms with Crippen molar-refractivity contribution >= 4 is 61.6 Å². The van der Waals surface area contributed by atoms with E-state index in [4.69, 9.17) is 16.7 Å². The molecule has 0 unspecified atom stereocenters. The first-order chi connectivity index (χ1) is 13.0. The first kappa shape index (κ1) is 17.7. The monoisotopic (exact) mass is 414 g/mol. The van der Waals surface area contributed by atoms with E-state index < -0.39 is 5.97 Å². The van der Waals surface area contributed by atoms with E-state index in [-0.39, 0.29) is 22.0 Å². The quantitative estimate of drug-likeness (QED) is 0.483. The number of nitrogens with zero attached hydrogens (tertiary/aromatic N) is 1. The number of halogens is 1. The second-order valence-corrected chi connectivity index (χ2v) is 7.85. The molecule has 4 rings (SSSR count). The fraction of sp³-hybridized carbons (Fsp3) is 0. The fourth-order valence-corrected chi connectivity index (χ4v) is 4.59. The van der Waals surface area contributed by atoms with Crippen LogP contribution >= 0.6 is 34.3 Å². The zero-order valence-corrected chi connectivity index (χ0v) is 16.0. The normalized spacial score (nSPS) is 11.8. The van der Waals surface area contributed by atoms with Crippen LogP contribution in [-0.2, 0) is 0 Å². The lowest BCUT2D eigenvalue weighted by Gasteiger charge is -2.01. The van der Waals surface area contributed by atoms with Crippen molar-refractivity contribution in [3.8, 4) is 10.4 Å². The number of aromatic amines is 1. The molecule has 27 heavy (non-hydrogen) atoms. The molecule has 3 aromatic heterocycles. The lowest BCUT2D eigenvalue weighted by molar-refractivity contribution is 0.0697. The van der Waals surface area contributed by atoms with Crippen LogP contribution in [0.25, 0.3) is 31.8 Å². The Kier molecular flexibility index (Phi) is 4.65. The number of fused-ring (bicyclic) bond motifs is 1. The summed E-state index contributed by atoms with van der Waals surface area (Å²) < 4.78 is 0. The van der Waals surface area contributed by atoms with Gasteiger partial charge in [0.2, 0.25) is 0 Å². The number of thiophene rings is 2. The number of hydrogen-bond acceptors (Lipinski definition) is 5. The first-order valence-electron chi connectivity index (χ1n) is 7.79. The van der Waals surface area contributed by atoms with E-state index in [9.17, 15) is 9.59 Å². The smallest absolute Gasteiger partial charge is 0.335 e. The van der Waals surface area contributed by atoms with Gasteiger partial charge in [0, 0.05) is 15.8 Å². The third-order valence-electron chi connectivity index (χ3n) is 3.91. The third kappa shape index (κ3) is 3.44. The van der Waals surface area contributed by atoms with Gasteiger partial charge in [-0.15, -0.1) is 22.7 Å². The van der Waals surface area contributed by atoms with Gasteiger partial charge in [0.05, 0.1) is 16.0 Å². The van der Waals surface area contributed by atoms with E-state index in [0.29, 0.717) is 15.8 Å². The molecule has 0 fully saturated rings. The van der Waals surface area contributed by atoms with Crippen molar-refractivity contribution in [3.63, 3.8) is 0 Å². The van der Waals surface area contributed by atoms with Gasteiger partial charge >= 0.3 is 5.97 Å². The fourth-order valence-electron chi connectivity index (χ4n) is 2.61. The van der Waals surface area contributed by atoms with Gasteiger partial charge in [-0.3, -0.25) is 4.79 Å². The molecule has 2 N–H and O–H groups in total. The average Bonchev–Trinajstić information content (AvgIpc) is 3.31. The Labute approximate surface area is 166 Å². The minimum Gasteiger partial charge on any atom is -0.478 e. The van der Waals surface area contributed by atoms with E-state index in [1.165, 1.54) is 23.5 Å². The summed E-state index contributed by atoms with van der Waals surface area (Å²) >= 11 is 9.30. The second kappa shape index (κ2) is 7.11. The highest BCUT2D eigenvalue weighted by atomic mass is 35.5. The molecule has 134 valence electrons. The summed E-state index contributed by atoms with van der Waals surface area (Å²) in [6.07, 6.45) is 1.63. The molecule has 0 spiro atoms. The van der Waals surface area contributed by atoms with Crippen molar-refractivity contribution in [2.75, 3.05) is 0 Å². The maximum Gasteiger partial charge on any atom is 0.335 e. The van der Waals surface area contributed by atoms with Crippen molar-refractivity contribution in [2.24, 2.45) is 0 Å². The van der Waals surface area contributed by atoms with E-state index in [1.807, 2.05) is 22.9 Å². The first-order valence-corrected chi connectivity index (χ1v) is 9.93. The zero-order valence-electron chi connectivity index (χ0n) is 13.6. The third-order valence-corrected chi connectivity index (χ3v) is 5.97. The highest BCUT2D eigenvalue weighted by molar-refractivity contribution is 7.18. The molecular weight excluding hydrogens is 404 g/mol. The average molecular weight is 415 g/mol. The largest absolute Gasteiger partial charge is 0.478 e. The van der Waals surface area contributed by atoms with E-state index in [0.717, 1.165) is 10.4 Å². The van der Waals surface area contributed by atoms with Crippen LogP contribution in [0.2, 0.25) is 0 Å². The minimum absolute atomic E-state index is 0.191. The summed E-state index contributed by atoms with van der Waals surface area (Å²) in [6, 6.07) is 10.2. The predicted molar refractivity (Wildman–Crippen MR) is 111 cm³/mol. The number of H-pyrrole nitrogens is 1. The molecule has 3 heterocycles. The Balaban J connectivity index is 1.73. The van der Waals surface area contributed by atoms with Crippen LogP contribution in [0.1, 0.15) is 21.7 Å². The number of benzene rings is 1. The van der Waals surface area contributed by atoms with Gasteiger partial charge in [0.25, 0.3) is 5.56 Å². The maximum absolute atomic E-state index is 12.6.